The molecular weight excluding hydrogens is 272 g/mol. The van der Waals surface area contributed by atoms with E-state index in [0.717, 1.165) is 5.69 Å². The largest absolute Gasteiger partial charge is 0.306 e. The molecule has 108 valence electrons. The fourth-order valence-corrected chi connectivity index (χ4v) is 2.87. The van der Waals surface area contributed by atoms with E-state index in [1.807, 2.05) is 18.2 Å². The van der Waals surface area contributed by atoms with Crippen LogP contribution in [0.5, 0.6) is 0 Å². The fourth-order valence-electron chi connectivity index (χ4n) is 1.95. The smallest absolute Gasteiger partial charge is 0.176 e. The number of hydrogen-bond acceptors (Lipinski definition) is 4. The van der Waals surface area contributed by atoms with Gasteiger partial charge in [0.25, 0.3) is 0 Å². The lowest BCUT2D eigenvalue weighted by atomic mass is 10.1. The maximum absolute atomic E-state index is 12.0. The molecule has 2 rings (SSSR count). The van der Waals surface area contributed by atoms with Crippen LogP contribution in [-0.4, -0.2) is 25.2 Å². The molecule has 0 aliphatic carbocycles. The quantitative estimate of drug-likeness (QED) is 0.944. The van der Waals surface area contributed by atoms with E-state index in [1.54, 1.807) is 12.1 Å². The maximum atomic E-state index is 12.0. The summed E-state index contributed by atoms with van der Waals surface area (Å²) in [4.78, 5) is 4.87. The molecule has 0 atom stereocenters. The highest BCUT2D eigenvalue weighted by Crippen LogP contribution is 2.22. The molecule has 1 N–H and O–H groups in total. The predicted molar refractivity (Wildman–Crippen MR) is 81.4 cm³/mol. The molecule has 1 heterocycles. The number of rotatable bonds is 3. The van der Waals surface area contributed by atoms with Crippen LogP contribution >= 0.6 is 0 Å². The van der Waals surface area contributed by atoms with Crippen LogP contribution in [0.4, 0.5) is 0 Å². The van der Waals surface area contributed by atoms with Crippen molar-refractivity contribution in [3.05, 3.63) is 36.0 Å². The van der Waals surface area contributed by atoms with Crippen molar-refractivity contribution in [1.82, 2.24) is 10.3 Å². The molecule has 0 amide bonds. The van der Waals surface area contributed by atoms with Gasteiger partial charge in [0.05, 0.1) is 16.1 Å². The minimum atomic E-state index is -3.27. The Morgan fingerprint density at radius 3 is 2.45 bits per heavy atom. The molecule has 0 fully saturated rings. The molecule has 0 radical (unpaired) electrons. The SMILES string of the molecule is CC(C)(C)NCc1cc(S(C)(=O)=O)c2ccccc2n1. The van der Waals surface area contributed by atoms with Gasteiger partial charge in [-0.05, 0) is 32.9 Å². The van der Waals surface area contributed by atoms with Crippen molar-refractivity contribution in [2.24, 2.45) is 0 Å². The number of aromatic nitrogens is 1. The summed E-state index contributed by atoms with van der Waals surface area (Å²) in [5.41, 5.74) is 1.40. The lowest BCUT2D eigenvalue weighted by Crippen LogP contribution is -2.35. The van der Waals surface area contributed by atoms with Gasteiger partial charge in [0.1, 0.15) is 0 Å². The van der Waals surface area contributed by atoms with E-state index in [-0.39, 0.29) is 5.54 Å². The van der Waals surface area contributed by atoms with Gasteiger partial charge in [0.2, 0.25) is 0 Å². The van der Waals surface area contributed by atoms with Crippen molar-refractivity contribution < 1.29 is 8.42 Å². The number of benzene rings is 1. The predicted octanol–water partition coefficient (Wildman–Crippen LogP) is 2.53. The highest BCUT2D eigenvalue weighted by atomic mass is 32.2. The van der Waals surface area contributed by atoms with Gasteiger partial charge in [0, 0.05) is 23.7 Å². The molecule has 1 aromatic heterocycles. The highest BCUT2D eigenvalue weighted by molar-refractivity contribution is 7.91. The average Bonchev–Trinajstić information content (AvgIpc) is 2.33. The molecule has 20 heavy (non-hydrogen) atoms. The molecule has 0 saturated heterocycles. The van der Waals surface area contributed by atoms with E-state index in [1.165, 1.54) is 6.26 Å². The molecule has 5 heteroatoms. The van der Waals surface area contributed by atoms with Gasteiger partial charge in [-0.1, -0.05) is 18.2 Å². The van der Waals surface area contributed by atoms with Gasteiger partial charge < -0.3 is 5.32 Å². The summed E-state index contributed by atoms with van der Waals surface area (Å²) in [6, 6.07) is 8.98. The van der Waals surface area contributed by atoms with E-state index in [9.17, 15) is 8.42 Å². The van der Waals surface area contributed by atoms with Gasteiger partial charge in [-0.3, -0.25) is 4.98 Å². The van der Waals surface area contributed by atoms with Gasteiger partial charge in [-0.15, -0.1) is 0 Å². The first-order valence-electron chi connectivity index (χ1n) is 6.50. The average molecular weight is 292 g/mol. The summed E-state index contributed by atoms with van der Waals surface area (Å²) in [6.07, 6.45) is 1.23. The Labute approximate surface area is 120 Å². The van der Waals surface area contributed by atoms with Crippen molar-refractivity contribution in [2.45, 2.75) is 37.8 Å². The second-order valence-corrected chi connectivity index (χ2v) is 7.99. The molecule has 1 aromatic carbocycles. The zero-order valence-electron chi connectivity index (χ0n) is 12.3. The van der Waals surface area contributed by atoms with Gasteiger partial charge in [-0.25, -0.2) is 8.42 Å². The monoisotopic (exact) mass is 292 g/mol. The minimum absolute atomic E-state index is 0.0431. The second-order valence-electron chi connectivity index (χ2n) is 6.00. The molecular formula is C15H20N2O2S. The number of pyridine rings is 1. The van der Waals surface area contributed by atoms with Crippen LogP contribution in [0.25, 0.3) is 10.9 Å². The number of fused-ring (bicyclic) bond motifs is 1. The highest BCUT2D eigenvalue weighted by Gasteiger charge is 2.15. The van der Waals surface area contributed by atoms with Crippen molar-refractivity contribution in [2.75, 3.05) is 6.26 Å². The normalized spacial score (nSPS) is 12.8. The maximum Gasteiger partial charge on any atom is 0.176 e. The third-order valence-electron chi connectivity index (χ3n) is 2.93. The summed E-state index contributed by atoms with van der Waals surface area (Å²) < 4.78 is 23.9. The van der Waals surface area contributed by atoms with Crippen LogP contribution in [0.1, 0.15) is 26.5 Å². The summed E-state index contributed by atoms with van der Waals surface area (Å²) >= 11 is 0. The number of hydrogen-bond donors (Lipinski definition) is 1. The first-order chi connectivity index (χ1) is 9.17. The molecule has 4 nitrogen and oxygen atoms in total. The molecule has 2 aromatic rings. The van der Waals surface area contributed by atoms with Crippen molar-refractivity contribution in [3.63, 3.8) is 0 Å². The Morgan fingerprint density at radius 1 is 1.20 bits per heavy atom. The second kappa shape index (κ2) is 5.14. The van der Waals surface area contributed by atoms with E-state index in [2.05, 4.69) is 31.1 Å². The number of sulfone groups is 1. The topological polar surface area (TPSA) is 59.1 Å². The van der Waals surface area contributed by atoms with Crippen LogP contribution in [0, 0.1) is 0 Å². The van der Waals surface area contributed by atoms with E-state index < -0.39 is 9.84 Å². The first-order valence-corrected chi connectivity index (χ1v) is 8.40. The van der Waals surface area contributed by atoms with E-state index in [4.69, 9.17) is 0 Å². The van der Waals surface area contributed by atoms with E-state index >= 15 is 0 Å². The molecule has 0 unspecified atom stereocenters. The van der Waals surface area contributed by atoms with Crippen LogP contribution < -0.4 is 5.32 Å². The first kappa shape index (κ1) is 14.9. The Morgan fingerprint density at radius 2 is 1.85 bits per heavy atom. The van der Waals surface area contributed by atoms with Crippen LogP contribution in [-0.2, 0) is 16.4 Å². The van der Waals surface area contributed by atoms with Gasteiger partial charge in [0.15, 0.2) is 9.84 Å². The Balaban J connectivity index is 2.53. The van der Waals surface area contributed by atoms with Crippen LogP contribution in [0.2, 0.25) is 0 Å². The fraction of sp³-hybridized carbons (Fsp3) is 0.400. The molecule has 0 aliphatic rings. The van der Waals surface area contributed by atoms with Crippen molar-refractivity contribution in [3.8, 4) is 0 Å². The van der Waals surface area contributed by atoms with Crippen molar-refractivity contribution in [1.29, 1.82) is 0 Å². The molecule has 0 bridgehead atoms. The molecule has 0 spiro atoms. The summed E-state index contributed by atoms with van der Waals surface area (Å²) in [5.74, 6) is 0. The minimum Gasteiger partial charge on any atom is -0.306 e. The molecule has 0 aliphatic heterocycles. The van der Waals surface area contributed by atoms with E-state index in [0.29, 0.717) is 22.3 Å². The van der Waals surface area contributed by atoms with Crippen LogP contribution in [0.3, 0.4) is 0 Å². The lowest BCUT2D eigenvalue weighted by molar-refractivity contribution is 0.421. The van der Waals surface area contributed by atoms with Crippen LogP contribution in [0.15, 0.2) is 35.2 Å². The lowest BCUT2D eigenvalue weighted by Gasteiger charge is -2.20. The summed E-state index contributed by atoms with van der Waals surface area (Å²) in [6.45, 7) is 6.72. The third-order valence-corrected chi connectivity index (χ3v) is 4.07. The van der Waals surface area contributed by atoms with Gasteiger partial charge in [-0.2, -0.15) is 0 Å². The number of nitrogens with one attached hydrogen (secondary N) is 1. The summed E-state index contributed by atoms with van der Waals surface area (Å²) in [7, 11) is -3.27. The number of nitrogens with zero attached hydrogens (tertiary/aromatic N) is 1. The Bertz CT molecular complexity index is 731. The zero-order chi connectivity index (χ0) is 15.0. The zero-order valence-corrected chi connectivity index (χ0v) is 13.1. The Hall–Kier alpha value is -1.46. The standard InChI is InChI=1S/C15H20N2O2S/c1-15(2,3)16-10-11-9-14(20(4,18)19)12-7-5-6-8-13(12)17-11/h5-9,16H,10H2,1-4H3. The number of para-hydroxylation sites is 1. The van der Waals surface area contributed by atoms with Gasteiger partial charge >= 0.3 is 0 Å². The molecule has 0 saturated carbocycles. The summed E-state index contributed by atoms with van der Waals surface area (Å²) in [5, 5.41) is 4.00. The third kappa shape index (κ3) is 3.55. The Kier molecular flexibility index (Phi) is 3.84. The van der Waals surface area contributed by atoms with Crippen molar-refractivity contribution >= 4 is 20.7 Å².